The molecule has 1 amide bonds. The summed E-state index contributed by atoms with van der Waals surface area (Å²) in [5.74, 6) is -0.174. The van der Waals surface area contributed by atoms with E-state index in [2.05, 4.69) is 22.5 Å². The molecule has 25 heavy (non-hydrogen) atoms. The maximum atomic E-state index is 12.5. The number of amides is 1. The summed E-state index contributed by atoms with van der Waals surface area (Å²) in [4.78, 5) is 38.7. The number of nitrogens with zero attached hydrogens (tertiary/aromatic N) is 1. The van der Waals surface area contributed by atoms with Gasteiger partial charge in [-0.25, -0.2) is 0 Å². The van der Waals surface area contributed by atoms with Crippen LogP contribution in [0.5, 0.6) is 0 Å². The summed E-state index contributed by atoms with van der Waals surface area (Å²) in [6.07, 6.45) is 1.98. The highest BCUT2D eigenvalue weighted by Crippen LogP contribution is 2.14. The minimum absolute atomic E-state index is 0. The van der Waals surface area contributed by atoms with Gasteiger partial charge in [0.15, 0.2) is 0 Å². The van der Waals surface area contributed by atoms with Crippen molar-refractivity contribution in [3.63, 3.8) is 0 Å². The fourth-order valence-corrected chi connectivity index (χ4v) is 3.23. The Balaban J connectivity index is 0.00000225. The Bertz CT molecular complexity index is 890. The van der Waals surface area contributed by atoms with Gasteiger partial charge in [-0.3, -0.25) is 14.4 Å². The molecule has 0 saturated carbocycles. The molecule has 3 N–H and O–H groups in total. The van der Waals surface area contributed by atoms with Crippen molar-refractivity contribution in [1.82, 2.24) is 20.2 Å². The molecule has 0 radical (unpaired) electrons. The maximum absolute atomic E-state index is 12.5. The van der Waals surface area contributed by atoms with Crippen LogP contribution in [0.4, 0.5) is 0 Å². The van der Waals surface area contributed by atoms with Gasteiger partial charge in [-0.15, -0.1) is 12.4 Å². The van der Waals surface area contributed by atoms with Gasteiger partial charge in [0.05, 0.1) is 11.0 Å². The minimum Gasteiger partial charge on any atom is -0.348 e. The summed E-state index contributed by atoms with van der Waals surface area (Å²) in [6.45, 7) is 5.23. The van der Waals surface area contributed by atoms with Gasteiger partial charge in [0.25, 0.3) is 5.91 Å². The molecule has 136 valence electrons. The number of aromatic amines is 1. The molecule has 0 spiro atoms. The zero-order valence-corrected chi connectivity index (χ0v) is 15.1. The van der Waals surface area contributed by atoms with E-state index < -0.39 is 11.1 Å². The zero-order chi connectivity index (χ0) is 17.3. The second-order valence-corrected chi connectivity index (χ2v) is 6.20. The first-order chi connectivity index (χ1) is 11.5. The van der Waals surface area contributed by atoms with Crippen molar-refractivity contribution in [2.45, 2.75) is 45.3 Å². The number of piperidine rings is 1. The maximum Gasteiger partial charge on any atom is 0.316 e. The molecule has 8 heteroatoms. The Hall–Kier alpha value is -2.12. The van der Waals surface area contributed by atoms with Gasteiger partial charge in [-0.05, 0) is 51.4 Å². The molecule has 0 aliphatic carbocycles. The number of rotatable bonds is 3. The Kier molecular flexibility index (Phi) is 6.02. The molecule has 1 saturated heterocycles. The fraction of sp³-hybridized carbons (Fsp3) is 0.471. The lowest BCUT2D eigenvalue weighted by molar-refractivity contribution is 0.0920. The summed E-state index contributed by atoms with van der Waals surface area (Å²) in [5, 5.41) is 6.39. The van der Waals surface area contributed by atoms with E-state index in [-0.39, 0.29) is 30.4 Å². The minimum atomic E-state index is -0.674. The number of benzene rings is 1. The number of hydrogen-bond acceptors (Lipinski definition) is 4. The van der Waals surface area contributed by atoms with E-state index >= 15 is 0 Å². The number of carbonyl (C=O) groups excluding carboxylic acids is 1. The number of aromatic nitrogens is 2. The molecule has 2 unspecified atom stereocenters. The molecule has 3 rings (SSSR count). The van der Waals surface area contributed by atoms with E-state index in [0.29, 0.717) is 23.1 Å². The molecule has 1 aliphatic heterocycles. The lowest BCUT2D eigenvalue weighted by Crippen LogP contribution is -2.51. The van der Waals surface area contributed by atoms with Crippen LogP contribution in [0.3, 0.4) is 0 Å². The monoisotopic (exact) mass is 366 g/mol. The Labute approximate surface area is 151 Å². The summed E-state index contributed by atoms with van der Waals surface area (Å²) in [6, 6.07) is 5.33. The quantitative estimate of drug-likeness (QED) is 0.706. The van der Waals surface area contributed by atoms with Crippen molar-refractivity contribution in [2.24, 2.45) is 0 Å². The number of fused-ring (bicyclic) bond motifs is 1. The molecule has 1 aliphatic rings. The highest BCUT2D eigenvalue weighted by Gasteiger charge is 2.23. The first kappa shape index (κ1) is 19.2. The highest BCUT2D eigenvalue weighted by atomic mass is 35.5. The first-order valence-electron chi connectivity index (χ1n) is 8.32. The first-order valence-corrected chi connectivity index (χ1v) is 8.32. The summed E-state index contributed by atoms with van der Waals surface area (Å²) in [5.41, 5.74) is 0.323. The molecular weight excluding hydrogens is 344 g/mol. The van der Waals surface area contributed by atoms with Crippen molar-refractivity contribution >= 4 is 29.3 Å². The third-order valence-electron chi connectivity index (χ3n) is 4.63. The van der Waals surface area contributed by atoms with Gasteiger partial charge < -0.3 is 20.2 Å². The average molecular weight is 367 g/mol. The largest absolute Gasteiger partial charge is 0.348 e. The van der Waals surface area contributed by atoms with Gasteiger partial charge in [-0.2, -0.15) is 0 Å². The smallest absolute Gasteiger partial charge is 0.316 e. The number of aryl methyl sites for hydroxylation is 1. The Morgan fingerprint density at radius 2 is 2.12 bits per heavy atom. The van der Waals surface area contributed by atoms with E-state index in [9.17, 15) is 14.4 Å². The molecule has 7 nitrogen and oxygen atoms in total. The third kappa shape index (κ3) is 3.77. The van der Waals surface area contributed by atoms with E-state index in [1.807, 2.05) is 0 Å². The summed E-state index contributed by atoms with van der Waals surface area (Å²) in [7, 11) is 0. The van der Waals surface area contributed by atoms with Gasteiger partial charge in [0.2, 0.25) is 0 Å². The Morgan fingerprint density at radius 1 is 1.36 bits per heavy atom. The molecule has 1 fully saturated rings. The van der Waals surface area contributed by atoms with E-state index in [4.69, 9.17) is 0 Å². The average Bonchev–Trinajstić information content (AvgIpc) is 2.57. The van der Waals surface area contributed by atoms with Crippen LogP contribution in [0.25, 0.3) is 11.0 Å². The van der Waals surface area contributed by atoms with Crippen molar-refractivity contribution in [2.75, 3.05) is 6.54 Å². The van der Waals surface area contributed by atoms with Crippen LogP contribution in [0.15, 0.2) is 27.8 Å². The van der Waals surface area contributed by atoms with Crippen LogP contribution < -0.4 is 21.8 Å². The number of H-pyrrole nitrogens is 1. The highest BCUT2D eigenvalue weighted by molar-refractivity contribution is 5.97. The SMILES string of the molecule is CCn1c(=O)c(=O)[nH]c2cc(C(=O)NC3CCCNC3C)ccc21.Cl. The lowest BCUT2D eigenvalue weighted by atomic mass is 9.99. The second kappa shape index (κ2) is 7.84. The number of halogens is 1. The van der Waals surface area contributed by atoms with Gasteiger partial charge in [0, 0.05) is 24.2 Å². The fourth-order valence-electron chi connectivity index (χ4n) is 3.23. The molecule has 2 atom stereocenters. The van der Waals surface area contributed by atoms with Gasteiger partial charge in [0.1, 0.15) is 0 Å². The Morgan fingerprint density at radius 3 is 2.80 bits per heavy atom. The predicted molar refractivity (Wildman–Crippen MR) is 99.7 cm³/mol. The van der Waals surface area contributed by atoms with Crippen LogP contribution in [0.1, 0.15) is 37.0 Å². The standard InChI is InChI=1S/C17H22N4O3.ClH/c1-3-21-14-7-6-11(9-13(14)20-16(23)17(21)24)15(22)19-12-5-4-8-18-10(12)2;/h6-7,9-10,12,18H,3-5,8H2,1-2H3,(H,19,22)(H,20,23);1H. The van der Waals surface area contributed by atoms with E-state index in [1.54, 1.807) is 25.1 Å². The topological polar surface area (TPSA) is 96.0 Å². The van der Waals surface area contributed by atoms with Crippen molar-refractivity contribution in [1.29, 1.82) is 0 Å². The van der Waals surface area contributed by atoms with Crippen molar-refractivity contribution in [3.8, 4) is 0 Å². The van der Waals surface area contributed by atoms with Crippen LogP contribution in [-0.2, 0) is 6.54 Å². The molecule has 2 aromatic rings. The second-order valence-electron chi connectivity index (χ2n) is 6.20. The summed E-state index contributed by atoms with van der Waals surface area (Å²) < 4.78 is 1.41. The zero-order valence-electron chi connectivity index (χ0n) is 14.3. The van der Waals surface area contributed by atoms with Crippen LogP contribution in [-0.4, -0.2) is 34.1 Å². The third-order valence-corrected chi connectivity index (χ3v) is 4.63. The predicted octanol–water partition coefficient (Wildman–Crippen LogP) is 1.00. The van der Waals surface area contributed by atoms with E-state index in [0.717, 1.165) is 19.4 Å². The number of carbonyl (C=O) groups is 1. The van der Waals surface area contributed by atoms with E-state index in [1.165, 1.54) is 4.57 Å². The number of nitrogens with one attached hydrogen (secondary N) is 3. The lowest BCUT2D eigenvalue weighted by Gasteiger charge is -2.30. The normalized spacial score (nSPS) is 20.1. The molecule has 1 aromatic carbocycles. The molecule has 2 heterocycles. The van der Waals surface area contributed by atoms with Gasteiger partial charge in [-0.1, -0.05) is 0 Å². The number of hydrogen-bond donors (Lipinski definition) is 3. The van der Waals surface area contributed by atoms with Crippen LogP contribution in [0, 0.1) is 0 Å². The van der Waals surface area contributed by atoms with Crippen LogP contribution in [0.2, 0.25) is 0 Å². The molecular formula is C17H23ClN4O3. The van der Waals surface area contributed by atoms with Crippen molar-refractivity contribution < 1.29 is 4.79 Å². The van der Waals surface area contributed by atoms with Gasteiger partial charge >= 0.3 is 11.1 Å². The van der Waals surface area contributed by atoms with Crippen molar-refractivity contribution in [3.05, 3.63) is 44.5 Å². The molecule has 0 bridgehead atoms. The van der Waals surface area contributed by atoms with Crippen LogP contribution >= 0.6 is 12.4 Å². The molecule has 1 aromatic heterocycles. The summed E-state index contributed by atoms with van der Waals surface area (Å²) >= 11 is 0.